The summed E-state index contributed by atoms with van der Waals surface area (Å²) in [5.41, 5.74) is 3.00. The van der Waals surface area contributed by atoms with E-state index in [-0.39, 0.29) is 17.6 Å². The first-order chi connectivity index (χ1) is 10.0. The molecule has 2 aromatic rings. The van der Waals surface area contributed by atoms with E-state index in [9.17, 15) is 9.59 Å². The molecule has 2 rings (SSSR count). The normalized spacial score (nSPS) is 12.5. The van der Waals surface area contributed by atoms with Crippen LogP contribution in [0.25, 0.3) is 11.0 Å². The van der Waals surface area contributed by atoms with Crippen LogP contribution in [0.3, 0.4) is 0 Å². The van der Waals surface area contributed by atoms with Crippen LogP contribution in [0.4, 0.5) is 0 Å². The van der Waals surface area contributed by atoms with Gasteiger partial charge in [-0.2, -0.15) is 0 Å². The maximum atomic E-state index is 12.4. The Kier molecular flexibility index (Phi) is 4.89. The Labute approximate surface area is 125 Å². The highest BCUT2D eigenvalue weighted by molar-refractivity contribution is 5.86. The Morgan fingerprint density at radius 1 is 1.29 bits per heavy atom. The number of nitrogens with zero attached hydrogens (tertiary/aromatic N) is 2. The van der Waals surface area contributed by atoms with Crippen LogP contribution in [-0.2, 0) is 9.59 Å². The van der Waals surface area contributed by atoms with E-state index in [1.54, 1.807) is 13.3 Å². The monoisotopic (exact) mass is 286 g/mol. The Hall–Kier alpha value is -1.97. The summed E-state index contributed by atoms with van der Waals surface area (Å²) in [6, 6.07) is 5.74. The minimum atomic E-state index is -0.290. The molecule has 4 nitrogen and oxygen atoms in total. The molecule has 1 atom stereocenters. The van der Waals surface area contributed by atoms with Crippen LogP contribution >= 0.6 is 0 Å². The third-order valence-electron chi connectivity index (χ3n) is 3.70. The van der Waals surface area contributed by atoms with Gasteiger partial charge in [-0.15, -0.1) is 0 Å². The van der Waals surface area contributed by atoms with E-state index in [0.29, 0.717) is 19.3 Å². The fraction of sp³-hybridized carbons (Fsp3) is 0.471. The molecule has 0 aliphatic heterocycles. The van der Waals surface area contributed by atoms with Gasteiger partial charge < -0.3 is 9.36 Å². The average Bonchev–Trinajstić information content (AvgIpc) is 2.82. The van der Waals surface area contributed by atoms with E-state index < -0.39 is 0 Å². The molecule has 0 spiro atoms. The second kappa shape index (κ2) is 6.66. The molecule has 0 amide bonds. The van der Waals surface area contributed by atoms with E-state index in [2.05, 4.69) is 4.98 Å². The lowest BCUT2D eigenvalue weighted by Gasteiger charge is -2.17. The first-order valence-corrected chi connectivity index (χ1v) is 7.48. The molecule has 0 fully saturated rings. The van der Waals surface area contributed by atoms with Crippen molar-refractivity contribution in [2.24, 2.45) is 0 Å². The molecule has 0 radical (unpaired) electrons. The van der Waals surface area contributed by atoms with Crippen molar-refractivity contribution < 1.29 is 9.59 Å². The first-order valence-electron chi connectivity index (χ1n) is 7.48. The highest BCUT2D eigenvalue weighted by Gasteiger charge is 2.21. The Bertz CT molecular complexity index is 658. The quantitative estimate of drug-likeness (QED) is 0.781. The summed E-state index contributed by atoms with van der Waals surface area (Å²) in [6.45, 7) is 5.58. The second-order valence-electron chi connectivity index (χ2n) is 5.62. The molecule has 1 unspecified atom stereocenters. The SMILES string of the molecule is CCCC(=O)C(CCC(C)=O)n1cnc2cc(C)ccc21. The van der Waals surface area contributed by atoms with E-state index in [4.69, 9.17) is 0 Å². The van der Waals surface area contributed by atoms with E-state index >= 15 is 0 Å². The van der Waals surface area contributed by atoms with Gasteiger partial charge in [-0.25, -0.2) is 4.98 Å². The molecular weight excluding hydrogens is 264 g/mol. The van der Waals surface area contributed by atoms with Gasteiger partial charge in [0, 0.05) is 12.8 Å². The zero-order valence-corrected chi connectivity index (χ0v) is 12.9. The number of fused-ring (bicyclic) bond motifs is 1. The number of imidazole rings is 1. The Balaban J connectivity index is 2.37. The smallest absolute Gasteiger partial charge is 0.155 e. The number of benzene rings is 1. The highest BCUT2D eigenvalue weighted by atomic mass is 16.1. The summed E-state index contributed by atoms with van der Waals surface area (Å²) in [4.78, 5) is 28.1. The van der Waals surface area contributed by atoms with Crippen molar-refractivity contribution in [1.82, 2.24) is 9.55 Å². The lowest BCUT2D eigenvalue weighted by Crippen LogP contribution is -2.19. The fourth-order valence-corrected chi connectivity index (χ4v) is 2.60. The summed E-state index contributed by atoms with van der Waals surface area (Å²) >= 11 is 0. The molecule has 4 heteroatoms. The molecule has 1 aromatic heterocycles. The van der Waals surface area contributed by atoms with Gasteiger partial charge in [-0.1, -0.05) is 13.0 Å². The summed E-state index contributed by atoms with van der Waals surface area (Å²) in [6.07, 6.45) is 4.05. The lowest BCUT2D eigenvalue weighted by atomic mass is 10.0. The molecule has 1 heterocycles. The number of aromatic nitrogens is 2. The molecule has 0 N–H and O–H groups in total. The van der Waals surface area contributed by atoms with Crippen LogP contribution in [0.15, 0.2) is 24.5 Å². The summed E-state index contributed by atoms with van der Waals surface area (Å²) in [7, 11) is 0. The number of rotatable bonds is 7. The number of carbonyl (C=O) groups is 2. The zero-order valence-electron chi connectivity index (χ0n) is 12.9. The van der Waals surface area contributed by atoms with Crippen molar-refractivity contribution in [1.29, 1.82) is 0 Å². The molecule has 21 heavy (non-hydrogen) atoms. The van der Waals surface area contributed by atoms with Gasteiger partial charge >= 0.3 is 0 Å². The van der Waals surface area contributed by atoms with E-state index in [1.165, 1.54) is 0 Å². The molecule has 112 valence electrons. The summed E-state index contributed by atoms with van der Waals surface area (Å²) < 4.78 is 1.93. The number of hydrogen-bond donors (Lipinski definition) is 0. The standard InChI is InChI=1S/C17H22N2O2/c1-4-5-17(21)16(9-7-13(3)20)19-11-18-14-10-12(2)6-8-15(14)19/h6,8,10-11,16H,4-5,7,9H2,1-3H3. The van der Waals surface area contributed by atoms with Gasteiger partial charge in [0.1, 0.15) is 5.78 Å². The molecular formula is C17H22N2O2. The van der Waals surface area contributed by atoms with Crippen molar-refractivity contribution in [2.45, 2.75) is 52.5 Å². The van der Waals surface area contributed by atoms with Crippen molar-refractivity contribution >= 4 is 22.6 Å². The van der Waals surface area contributed by atoms with Crippen molar-refractivity contribution in [3.8, 4) is 0 Å². The zero-order chi connectivity index (χ0) is 15.4. The minimum Gasteiger partial charge on any atom is -0.320 e. The predicted molar refractivity (Wildman–Crippen MR) is 83.3 cm³/mol. The van der Waals surface area contributed by atoms with E-state index in [1.807, 2.05) is 36.6 Å². The van der Waals surface area contributed by atoms with Crippen LogP contribution in [0.5, 0.6) is 0 Å². The van der Waals surface area contributed by atoms with E-state index in [0.717, 1.165) is 23.0 Å². The third-order valence-corrected chi connectivity index (χ3v) is 3.70. The van der Waals surface area contributed by atoms with Crippen LogP contribution in [0.2, 0.25) is 0 Å². The average molecular weight is 286 g/mol. The third kappa shape index (κ3) is 3.57. The molecule has 0 bridgehead atoms. The largest absolute Gasteiger partial charge is 0.320 e. The van der Waals surface area contributed by atoms with Crippen molar-refractivity contribution in [3.05, 3.63) is 30.1 Å². The summed E-state index contributed by atoms with van der Waals surface area (Å²) in [5, 5.41) is 0. The number of carbonyl (C=O) groups excluding carboxylic acids is 2. The molecule has 0 aliphatic rings. The van der Waals surface area contributed by atoms with Crippen molar-refractivity contribution in [3.63, 3.8) is 0 Å². The van der Waals surface area contributed by atoms with Gasteiger partial charge in [0.05, 0.1) is 23.4 Å². The maximum absolute atomic E-state index is 12.4. The minimum absolute atomic E-state index is 0.115. The number of aryl methyl sites for hydroxylation is 1. The molecule has 0 saturated carbocycles. The topological polar surface area (TPSA) is 52.0 Å². The van der Waals surface area contributed by atoms with Crippen LogP contribution in [0, 0.1) is 6.92 Å². The lowest BCUT2D eigenvalue weighted by molar-refractivity contribution is -0.122. The summed E-state index contributed by atoms with van der Waals surface area (Å²) in [5.74, 6) is 0.295. The van der Waals surface area contributed by atoms with Gasteiger partial charge in [-0.3, -0.25) is 4.79 Å². The van der Waals surface area contributed by atoms with Gasteiger partial charge in [-0.05, 0) is 44.4 Å². The van der Waals surface area contributed by atoms with Crippen LogP contribution in [0.1, 0.15) is 51.1 Å². The maximum Gasteiger partial charge on any atom is 0.155 e. The van der Waals surface area contributed by atoms with Gasteiger partial charge in [0.15, 0.2) is 5.78 Å². The van der Waals surface area contributed by atoms with Crippen molar-refractivity contribution in [2.75, 3.05) is 0 Å². The Morgan fingerprint density at radius 3 is 2.71 bits per heavy atom. The van der Waals surface area contributed by atoms with Gasteiger partial charge in [0.25, 0.3) is 0 Å². The number of ketones is 2. The number of Topliss-reactive ketones (excluding diaryl/α,β-unsaturated/α-hetero) is 2. The first kappa shape index (κ1) is 15.4. The van der Waals surface area contributed by atoms with Gasteiger partial charge in [0.2, 0.25) is 0 Å². The molecule has 0 saturated heterocycles. The molecule has 1 aromatic carbocycles. The van der Waals surface area contributed by atoms with Crippen LogP contribution in [-0.4, -0.2) is 21.1 Å². The fourth-order valence-electron chi connectivity index (χ4n) is 2.60. The predicted octanol–water partition coefficient (Wildman–Crippen LogP) is 3.62. The van der Waals surface area contributed by atoms with Crippen LogP contribution < -0.4 is 0 Å². The Morgan fingerprint density at radius 2 is 2.05 bits per heavy atom. The highest BCUT2D eigenvalue weighted by Crippen LogP contribution is 2.24. The molecule has 0 aliphatic carbocycles. The number of hydrogen-bond acceptors (Lipinski definition) is 3. The second-order valence-corrected chi connectivity index (χ2v) is 5.62.